The Hall–Kier alpha value is -6.50. The van der Waals surface area contributed by atoms with Crippen LogP contribution in [0.2, 0.25) is 0 Å². The highest BCUT2D eigenvalue weighted by Crippen LogP contribution is 2.20. The first-order valence-corrected chi connectivity index (χ1v) is 24.2. The van der Waals surface area contributed by atoms with E-state index in [4.69, 9.17) is 17.2 Å². The molecule has 1 heterocycles. The lowest BCUT2D eigenvalue weighted by atomic mass is 10.0. The summed E-state index contributed by atoms with van der Waals surface area (Å²) in [5, 5.41) is 39.1. The van der Waals surface area contributed by atoms with Crippen molar-refractivity contribution in [3.8, 4) is 0 Å². The van der Waals surface area contributed by atoms with E-state index in [9.17, 15) is 48.6 Å². The van der Waals surface area contributed by atoms with Crippen LogP contribution in [0.4, 0.5) is 0 Å². The van der Waals surface area contributed by atoms with Crippen LogP contribution in [-0.4, -0.2) is 141 Å². The molecule has 4 rings (SSSR count). The Bertz CT molecular complexity index is 2430. The quantitative estimate of drug-likeness (QED) is 0.0269. The van der Waals surface area contributed by atoms with Gasteiger partial charge in [0.2, 0.25) is 47.3 Å². The van der Waals surface area contributed by atoms with Crippen LogP contribution < -0.4 is 54.4 Å². The van der Waals surface area contributed by atoms with Crippen LogP contribution in [0.25, 0.3) is 10.9 Å². The van der Waals surface area contributed by atoms with Crippen molar-refractivity contribution in [3.05, 3.63) is 108 Å². The van der Waals surface area contributed by atoms with Crippen LogP contribution in [0.1, 0.15) is 43.4 Å². The predicted molar refractivity (Wildman–Crippen MR) is 272 cm³/mol. The topological polar surface area (TPSA) is 355 Å². The largest absolute Gasteiger partial charge is 0.391 e. The maximum atomic E-state index is 14.6. The van der Waals surface area contributed by atoms with E-state index in [-0.39, 0.29) is 50.2 Å². The summed E-state index contributed by atoms with van der Waals surface area (Å²) in [7, 11) is 0. The number of rotatable bonds is 28. The Kier molecular flexibility index (Phi) is 22.8. The molecule has 10 atom stereocenters. The number of aromatic amines is 1. The van der Waals surface area contributed by atoms with Crippen LogP contribution >= 0.6 is 25.3 Å². The van der Waals surface area contributed by atoms with Crippen LogP contribution in [0.5, 0.6) is 0 Å². The number of para-hydroxylation sites is 1. The number of thiol groups is 2. The minimum absolute atomic E-state index is 0.0487. The van der Waals surface area contributed by atoms with Gasteiger partial charge in [-0.15, -0.1) is 0 Å². The minimum atomic E-state index is -1.70. The molecule has 23 heteroatoms. The van der Waals surface area contributed by atoms with E-state index in [0.29, 0.717) is 11.1 Å². The number of primary amides is 1. The summed E-state index contributed by atoms with van der Waals surface area (Å²) in [6, 6.07) is 14.1. The normalized spacial score (nSPS) is 15.4. The summed E-state index contributed by atoms with van der Waals surface area (Å²) < 4.78 is 0. The molecule has 0 aliphatic carbocycles. The number of nitrogens with one attached hydrogen (secondary N) is 8. The number of hydrogen-bond donors (Lipinski definition) is 15. The van der Waals surface area contributed by atoms with Crippen molar-refractivity contribution >= 4 is 83.4 Å². The van der Waals surface area contributed by atoms with Gasteiger partial charge in [-0.3, -0.25) is 38.4 Å². The molecule has 16 N–H and O–H groups in total. The minimum Gasteiger partial charge on any atom is -0.391 e. The summed E-state index contributed by atoms with van der Waals surface area (Å²) in [4.78, 5) is 112. The first-order chi connectivity index (χ1) is 33.9. The van der Waals surface area contributed by atoms with Crippen molar-refractivity contribution in [3.63, 3.8) is 0 Å². The summed E-state index contributed by atoms with van der Waals surface area (Å²) in [6.45, 7) is 2.51. The molecular formula is C48H65N11O10S2. The number of carbonyl (C=O) groups excluding carboxylic acids is 8. The van der Waals surface area contributed by atoms with Crippen molar-refractivity contribution in [1.82, 2.24) is 42.2 Å². The van der Waals surface area contributed by atoms with Crippen LogP contribution in [-0.2, 0) is 57.6 Å². The Labute approximate surface area is 422 Å². The molecule has 21 nitrogen and oxygen atoms in total. The second kappa shape index (κ2) is 28.4. The van der Waals surface area contributed by atoms with Crippen LogP contribution in [0.3, 0.4) is 0 Å². The zero-order valence-electron chi connectivity index (χ0n) is 39.4. The maximum Gasteiger partial charge on any atom is 0.245 e. The molecule has 0 radical (unpaired) electrons. The molecular weight excluding hydrogens is 955 g/mol. The lowest BCUT2D eigenvalue weighted by Gasteiger charge is -2.28. The third-order valence-corrected chi connectivity index (χ3v) is 12.1. The summed E-state index contributed by atoms with van der Waals surface area (Å²) in [5.74, 6) is -7.42. The van der Waals surface area contributed by atoms with Gasteiger partial charge >= 0.3 is 0 Å². The number of aliphatic hydroxyl groups is 2. The zero-order valence-corrected chi connectivity index (χ0v) is 41.2. The third-order valence-electron chi connectivity index (χ3n) is 11.4. The monoisotopic (exact) mass is 1020 g/mol. The van der Waals surface area contributed by atoms with Gasteiger partial charge in [0.15, 0.2) is 0 Å². The van der Waals surface area contributed by atoms with Crippen molar-refractivity contribution in [1.29, 1.82) is 0 Å². The number of benzene rings is 3. The number of aromatic nitrogens is 1. The second-order valence-corrected chi connectivity index (χ2v) is 17.7. The van der Waals surface area contributed by atoms with Crippen LogP contribution in [0, 0.1) is 0 Å². The fourth-order valence-electron chi connectivity index (χ4n) is 7.43. The summed E-state index contributed by atoms with van der Waals surface area (Å²) in [6.07, 6.45) is -1.11. The van der Waals surface area contributed by atoms with Gasteiger partial charge in [-0.05, 0) is 62.4 Å². The molecule has 71 heavy (non-hydrogen) atoms. The highest BCUT2D eigenvalue weighted by Gasteiger charge is 2.36. The fraction of sp³-hybridized carbons (Fsp3) is 0.417. The highest BCUT2D eigenvalue weighted by atomic mass is 32.1. The standard InChI is InChI=1S/C48H65N11O10S2/c1-26(60)39(41(51)62)58-47(68)38(25-71)57-48(69)40(27(2)61)59-43(64)34(18-11-19-49)53-45(66)36(22-30-23-52-33-17-10-9-16-31(30)33)55-44(65)35(21-29-14-7-4-8-15-29)54-46(67)37(24-70)56-42(63)32(50)20-28-12-5-3-6-13-28/h3-10,12-17,23,26-27,32,34-40,52,60-61,70-71H,11,18-22,24-25,49-50H2,1-2H3,(H2,51,62)(H,53,66)(H,54,67)(H,55,65)(H,56,63)(H,57,69)(H,58,68)(H,59,64)/t26-,27-,32-,34+,35+,36-,37+,38+,39+,40+/m1/s1. The molecule has 0 unspecified atom stereocenters. The van der Waals surface area contributed by atoms with E-state index in [1.54, 1.807) is 42.6 Å². The van der Waals surface area contributed by atoms with E-state index in [0.717, 1.165) is 16.5 Å². The van der Waals surface area contributed by atoms with Crippen molar-refractivity contribution in [2.45, 2.75) is 106 Å². The van der Waals surface area contributed by atoms with Gasteiger partial charge in [0.25, 0.3) is 0 Å². The van der Waals surface area contributed by atoms with Crippen molar-refractivity contribution in [2.75, 3.05) is 18.1 Å². The Balaban J connectivity index is 1.60. The lowest BCUT2D eigenvalue weighted by Crippen LogP contribution is -2.62. The number of hydrogen-bond acceptors (Lipinski definition) is 14. The molecule has 3 aromatic carbocycles. The third kappa shape index (κ3) is 17.4. The molecule has 0 saturated carbocycles. The summed E-state index contributed by atoms with van der Waals surface area (Å²) >= 11 is 8.42. The lowest BCUT2D eigenvalue weighted by molar-refractivity contribution is -0.137. The van der Waals surface area contributed by atoms with Crippen LogP contribution in [0.15, 0.2) is 91.1 Å². The van der Waals surface area contributed by atoms with E-state index in [1.165, 1.54) is 13.8 Å². The number of carbonyl (C=O) groups is 8. The molecule has 0 fully saturated rings. The molecule has 1 aromatic heterocycles. The molecule has 0 bridgehead atoms. The molecule has 0 aliphatic rings. The van der Waals surface area contributed by atoms with Crippen molar-refractivity contribution < 1.29 is 48.6 Å². The molecule has 0 aliphatic heterocycles. The molecule has 0 saturated heterocycles. The van der Waals surface area contributed by atoms with E-state index in [1.807, 2.05) is 48.5 Å². The van der Waals surface area contributed by atoms with Gasteiger partial charge in [-0.25, -0.2) is 0 Å². The fourth-order valence-corrected chi connectivity index (χ4v) is 7.94. The molecule has 4 aromatic rings. The number of aliphatic hydroxyl groups excluding tert-OH is 2. The Morgan fingerprint density at radius 1 is 0.549 bits per heavy atom. The smallest absolute Gasteiger partial charge is 0.245 e. The first kappa shape index (κ1) is 57.1. The summed E-state index contributed by atoms with van der Waals surface area (Å²) in [5.41, 5.74) is 20.1. The number of nitrogens with two attached hydrogens (primary N) is 3. The Morgan fingerprint density at radius 3 is 1.52 bits per heavy atom. The van der Waals surface area contributed by atoms with E-state index in [2.05, 4.69) is 67.5 Å². The van der Waals surface area contributed by atoms with Crippen molar-refractivity contribution in [2.24, 2.45) is 17.2 Å². The predicted octanol–water partition coefficient (Wildman–Crippen LogP) is -2.24. The van der Waals surface area contributed by atoms with Gasteiger partial charge in [0, 0.05) is 41.4 Å². The molecule has 384 valence electrons. The Morgan fingerprint density at radius 2 is 0.986 bits per heavy atom. The van der Waals surface area contributed by atoms with Gasteiger partial charge in [-0.2, -0.15) is 25.3 Å². The van der Waals surface area contributed by atoms with Gasteiger partial charge < -0.3 is 69.6 Å². The maximum absolute atomic E-state index is 14.6. The van der Waals surface area contributed by atoms with E-state index < -0.39 is 108 Å². The van der Waals surface area contributed by atoms with Gasteiger partial charge in [0.05, 0.1) is 18.2 Å². The molecule has 8 amide bonds. The number of amides is 8. The average molecular weight is 1020 g/mol. The highest BCUT2D eigenvalue weighted by molar-refractivity contribution is 7.80. The van der Waals surface area contributed by atoms with Gasteiger partial charge in [-0.1, -0.05) is 78.9 Å². The number of H-pyrrole nitrogens is 1. The zero-order chi connectivity index (χ0) is 52.2. The van der Waals surface area contributed by atoms with Gasteiger partial charge in [0.1, 0.15) is 42.3 Å². The SMILES string of the molecule is C[C@@H](O)[C@H](NC(=O)[C@H](CS)NC(=O)[C@@H](NC(=O)[C@H](CCCN)NC(=O)[C@@H](Cc1c[nH]c2ccccc12)NC(=O)[C@H](Cc1ccccc1)NC(=O)[C@H](CS)NC(=O)[C@H](N)Cc1ccccc1)[C@@H](C)O)C(N)=O. The average Bonchev–Trinajstić information content (AvgIpc) is 3.76. The van der Waals surface area contributed by atoms with E-state index >= 15 is 0 Å². The molecule has 0 spiro atoms. The number of fused-ring (bicyclic) bond motifs is 1. The second-order valence-electron chi connectivity index (χ2n) is 17.0. The first-order valence-electron chi connectivity index (χ1n) is 22.9.